The monoisotopic (exact) mass is 269 g/mol. The molecule has 0 aliphatic rings. The minimum atomic E-state index is -3.43. The van der Waals surface area contributed by atoms with E-state index in [0.29, 0.717) is 19.6 Å². The fourth-order valence-corrected chi connectivity index (χ4v) is 2.06. The number of likely N-dealkylation sites (N-methyl/N-ethyl adjacent to an activating group) is 3. The van der Waals surface area contributed by atoms with Gasteiger partial charge in [-0.3, -0.25) is 13.6 Å². The van der Waals surface area contributed by atoms with Gasteiger partial charge in [0, 0.05) is 19.6 Å². The Morgan fingerprint density at radius 1 is 0.765 bits per heavy atom. The molecule has 7 nitrogen and oxygen atoms in total. The van der Waals surface area contributed by atoms with Crippen LogP contribution >= 0.6 is 7.82 Å². The molecule has 0 atom stereocenters. The van der Waals surface area contributed by atoms with Gasteiger partial charge in [-0.25, -0.2) is 4.57 Å². The van der Waals surface area contributed by atoms with Crippen LogP contribution in [-0.2, 0) is 18.1 Å². The largest absolute Gasteiger partial charge is 0.474 e. The van der Waals surface area contributed by atoms with E-state index in [9.17, 15) is 4.57 Å². The standard InChI is InChI=1S/C9H24N3O4P/c1-10-4-7-14-17(13,15-8-5-11-2)16-9-6-12-3/h10-12H,4-9H2,1-3H3. The lowest BCUT2D eigenvalue weighted by Gasteiger charge is -2.17. The van der Waals surface area contributed by atoms with Gasteiger partial charge in [0.2, 0.25) is 0 Å². The molecule has 0 rings (SSSR count). The Bertz CT molecular complexity index is 185. The molecule has 17 heavy (non-hydrogen) atoms. The summed E-state index contributed by atoms with van der Waals surface area (Å²) in [6.07, 6.45) is 0. The highest BCUT2D eigenvalue weighted by molar-refractivity contribution is 7.48. The van der Waals surface area contributed by atoms with E-state index >= 15 is 0 Å². The molecule has 0 radical (unpaired) electrons. The first-order chi connectivity index (χ1) is 8.18. The van der Waals surface area contributed by atoms with Crippen molar-refractivity contribution in [2.45, 2.75) is 0 Å². The molecule has 0 heterocycles. The first-order valence-corrected chi connectivity index (χ1v) is 7.12. The number of hydrogen-bond donors (Lipinski definition) is 3. The molecule has 0 spiro atoms. The van der Waals surface area contributed by atoms with Crippen molar-refractivity contribution in [3.63, 3.8) is 0 Å². The lowest BCUT2D eigenvalue weighted by molar-refractivity contribution is 0.116. The Hall–Kier alpha value is -0.0100. The number of rotatable bonds is 12. The Balaban J connectivity index is 4.00. The van der Waals surface area contributed by atoms with E-state index in [1.165, 1.54) is 0 Å². The van der Waals surface area contributed by atoms with Gasteiger partial charge in [-0.05, 0) is 21.1 Å². The van der Waals surface area contributed by atoms with Crippen LogP contribution in [-0.4, -0.2) is 60.6 Å². The average Bonchev–Trinajstić information content (AvgIpc) is 2.30. The predicted molar refractivity (Wildman–Crippen MR) is 67.2 cm³/mol. The Labute approximate surface area is 103 Å². The second kappa shape index (κ2) is 11.1. The van der Waals surface area contributed by atoms with Crippen LogP contribution in [0.25, 0.3) is 0 Å². The third-order valence-electron chi connectivity index (χ3n) is 1.80. The highest BCUT2D eigenvalue weighted by Gasteiger charge is 2.25. The Morgan fingerprint density at radius 2 is 1.06 bits per heavy atom. The minimum absolute atomic E-state index is 0.285. The quantitative estimate of drug-likeness (QED) is 0.334. The Kier molecular flexibility index (Phi) is 11.1. The van der Waals surface area contributed by atoms with Crippen LogP contribution in [0.2, 0.25) is 0 Å². The van der Waals surface area contributed by atoms with Gasteiger partial charge in [0.25, 0.3) is 0 Å². The third-order valence-corrected chi connectivity index (χ3v) is 3.30. The number of hydrogen-bond acceptors (Lipinski definition) is 7. The van der Waals surface area contributed by atoms with Gasteiger partial charge in [0.05, 0.1) is 19.8 Å². The van der Waals surface area contributed by atoms with Gasteiger partial charge in [-0.1, -0.05) is 0 Å². The fourth-order valence-electron chi connectivity index (χ4n) is 0.890. The molecule has 0 aromatic rings. The lowest BCUT2D eigenvalue weighted by Crippen LogP contribution is -2.19. The van der Waals surface area contributed by atoms with E-state index in [2.05, 4.69) is 16.0 Å². The van der Waals surface area contributed by atoms with Crippen LogP contribution in [0, 0.1) is 0 Å². The lowest BCUT2D eigenvalue weighted by atomic mass is 10.7. The summed E-state index contributed by atoms with van der Waals surface area (Å²) in [6, 6.07) is 0. The van der Waals surface area contributed by atoms with Crippen LogP contribution in [0.15, 0.2) is 0 Å². The third kappa shape index (κ3) is 9.67. The zero-order chi connectivity index (χ0) is 13.0. The van der Waals surface area contributed by atoms with Gasteiger partial charge in [0.1, 0.15) is 0 Å². The van der Waals surface area contributed by atoms with E-state index in [1.807, 2.05) is 0 Å². The van der Waals surface area contributed by atoms with Gasteiger partial charge in [0.15, 0.2) is 0 Å². The van der Waals surface area contributed by atoms with Crippen molar-refractivity contribution >= 4 is 7.82 Å². The first kappa shape index (κ1) is 17.0. The van der Waals surface area contributed by atoms with Crippen LogP contribution in [0.5, 0.6) is 0 Å². The van der Waals surface area contributed by atoms with Crippen molar-refractivity contribution in [1.82, 2.24) is 16.0 Å². The molecule has 104 valence electrons. The molecule has 0 aromatic heterocycles. The van der Waals surface area contributed by atoms with Crippen molar-refractivity contribution in [3.8, 4) is 0 Å². The average molecular weight is 269 g/mol. The van der Waals surface area contributed by atoms with Crippen molar-refractivity contribution in [1.29, 1.82) is 0 Å². The molecular formula is C9H24N3O4P. The molecule has 0 saturated carbocycles. The molecule has 0 bridgehead atoms. The number of phosphoric ester groups is 1. The molecule has 3 N–H and O–H groups in total. The zero-order valence-corrected chi connectivity index (χ0v) is 11.7. The molecule has 0 aliphatic carbocycles. The predicted octanol–water partition coefficient (Wildman–Crippen LogP) is -0.197. The number of phosphoric acid groups is 1. The smallest absolute Gasteiger partial charge is 0.317 e. The molecule has 0 amide bonds. The fraction of sp³-hybridized carbons (Fsp3) is 1.00. The second-order valence-electron chi connectivity index (χ2n) is 3.26. The summed E-state index contributed by atoms with van der Waals surface area (Å²) in [6.45, 7) is 2.63. The minimum Gasteiger partial charge on any atom is -0.317 e. The maximum atomic E-state index is 12.1. The highest BCUT2D eigenvalue weighted by Crippen LogP contribution is 2.48. The van der Waals surface area contributed by atoms with Crippen molar-refractivity contribution in [3.05, 3.63) is 0 Å². The summed E-state index contributed by atoms with van der Waals surface area (Å²) >= 11 is 0. The van der Waals surface area contributed by atoms with Crippen LogP contribution in [0.1, 0.15) is 0 Å². The van der Waals surface area contributed by atoms with E-state index in [1.54, 1.807) is 21.1 Å². The van der Waals surface area contributed by atoms with Crippen LogP contribution in [0.4, 0.5) is 0 Å². The summed E-state index contributed by atoms with van der Waals surface area (Å²) in [7, 11) is 1.94. The van der Waals surface area contributed by atoms with E-state index in [0.717, 1.165) is 0 Å². The first-order valence-electron chi connectivity index (χ1n) is 5.66. The molecule has 0 fully saturated rings. The topological polar surface area (TPSA) is 80.9 Å². The summed E-state index contributed by atoms with van der Waals surface area (Å²) in [5.74, 6) is 0. The summed E-state index contributed by atoms with van der Waals surface area (Å²) in [5.41, 5.74) is 0. The van der Waals surface area contributed by atoms with E-state index in [4.69, 9.17) is 13.6 Å². The molecule has 0 aromatic carbocycles. The van der Waals surface area contributed by atoms with Gasteiger partial charge < -0.3 is 16.0 Å². The highest BCUT2D eigenvalue weighted by atomic mass is 31.2. The molecule has 0 aliphatic heterocycles. The maximum Gasteiger partial charge on any atom is 0.474 e. The van der Waals surface area contributed by atoms with Crippen molar-refractivity contribution in [2.24, 2.45) is 0 Å². The van der Waals surface area contributed by atoms with Gasteiger partial charge in [-0.15, -0.1) is 0 Å². The van der Waals surface area contributed by atoms with E-state index in [-0.39, 0.29) is 19.8 Å². The van der Waals surface area contributed by atoms with E-state index < -0.39 is 7.82 Å². The molecular weight excluding hydrogens is 245 g/mol. The molecule has 0 saturated heterocycles. The second-order valence-corrected chi connectivity index (χ2v) is 4.93. The normalized spacial score (nSPS) is 11.9. The summed E-state index contributed by atoms with van der Waals surface area (Å²) in [5, 5.41) is 8.68. The molecule has 0 unspecified atom stereocenters. The van der Waals surface area contributed by atoms with Crippen LogP contribution in [0.3, 0.4) is 0 Å². The van der Waals surface area contributed by atoms with Gasteiger partial charge in [-0.2, -0.15) is 0 Å². The van der Waals surface area contributed by atoms with Crippen molar-refractivity contribution in [2.75, 3.05) is 60.6 Å². The van der Waals surface area contributed by atoms with Gasteiger partial charge >= 0.3 is 7.82 Å². The van der Waals surface area contributed by atoms with Crippen LogP contribution < -0.4 is 16.0 Å². The zero-order valence-electron chi connectivity index (χ0n) is 10.8. The Morgan fingerprint density at radius 3 is 1.29 bits per heavy atom. The van der Waals surface area contributed by atoms with Crippen molar-refractivity contribution < 1.29 is 18.1 Å². The maximum absolute atomic E-state index is 12.1. The summed E-state index contributed by atoms with van der Waals surface area (Å²) < 4.78 is 27.6. The molecule has 8 heteroatoms. The SMILES string of the molecule is CNCCOP(=O)(OCCNC)OCCNC. The summed E-state index contributed by atoms with van der Waals surface area (Å²) in [4.78, 5) is 0. The number of nitrogens with one attached hydrogen (secondary N) is 3.